The molecule has 0 unspecified atom stereocenters. The summed E-state index contributed by atoms with van der Waals surface area (Å²) in [7, 11) is -1.96. The molecule has 2 amide bonds. The predicted octanol–water partition coefficient (Wildman–Crippen LogP) is 3.82. The lowest BCUT2D eigenvalue weighted by Gasteiger charge is -2.30. The Morgan fingerprint density at radius 3 is 2.21 bits per heavy atom. The summed E-state index contributed by atoms with van der Waals surface area (Å²) in [5.41, 5.74) is 5.57. The van der Waals surface area contributed by atoms with Crippen molar-refractivity contribution >= 4 is 33.2 Å². The summed E-state index contributed by atoms with van der Waals surface area (Å²) in [6, 6.07) is 22.9. The molecule has 39 heavy (non-hydrogen) atoms. The molecule has 0 bridgehead atoms. The summed E-state index contributed by atoms with van der Waals surface area (Å²) in [4.78, 5) is 25.3. The van der Waals surface area contributed by atoms with Gasteiger partial charge in [0.15, 0.2) is 0 Å². The number of piperidine rings is 1. The monoisotopic (exact) mass is 548 g/mol. The normalized spacial score (nSPS) is 15.0. The molecule has 0 atom stereocenters. The zero-order chi connectivity index (χ0) is 27.8. The van der Waals surface area contributed by atoms with E-state index in [0.29, 0.717) is 24.2 Å². The van der Waals surface area contributed by atoms with E-state index < -0.39 is 10.0 Å². The Morgan fingerprint density at radius 2 is 1.59 bits per heavy atom. The van der Waals surface area contributed by atoms with E-state index in [-0.39, 0.29) is 42.1 Å². The second-order valence-electron chi connectivity index (χ2n) is 9.32. The Bertz CT molecular complexity index is 1410. The number of nitrogens with zero attached hydrogens (tertiary/aromatic N) is 2. The SMILES string of the molecule is COc1ccc(CC(=O)Nc2ccc(C(C)=NNC(=O)C3CCN(S(=O)(=O)c4ccccc4)CC3)cc2)cc1. The Morgan fingerprint density at radius 1 is 0.949 bits per heavy atom. The molecule has 1 heterocycles. The van der Waals surface area contributed by atoms with Crippen LogP contribution >= 0.6 is 0 Å². The third-order valence-electron chi connectivity index (χ3n) is 6.65. The third-order valence-corrected chi connectivity index (χ3v) is 8.56. The number of amides is 2. The number of anilines is 1. The van der Waals surface area contributed by atoms with Crippen molar-refractivity contribution < 1.29 is 22.7 Å². The topological polar surface area (TPSA) is 117 Å². The molecule has 0 aliphatic carbocycles. The molecule has 204 valence electrons. The highest BCUT2D eigenvalue weighted by Gasteiger charge is 2.32. The van der Waals surface area contributed by atoms with Crippen LogP contribution in [-0.4, -0.2) is 50.4 Å². The second-order valence-corrected chi connectivity index (χ2v) is 11.3. The minimum Gasteiger partial charge on any atom is -0.497 e. The molecular weight excluding hydrogens is 516 g/mol. The van der Waals surface area contributed by atoms with Crippen LogP contribution in [0, 0.1) is 5.92 Å². The molecule has 0 aromatic heterocycles. The molecule has 9 nitrogen and oxygen atoms in total. The minimum atomic E-state index is -3.56. The number of carbonyl (C=O) groups is 2. The van der Waals surface area contributed by atoms with Crippen LogP contribution in [0.15, 0.2) is 88.9 Å². The van der Waals surface area contributed by atoms with Crippen molar-refractivity contribution in [2.75, 3.05) is 25.5 Å². The van der Waals surface area contributed by atoms with Crippen molar-refractivity contribution in [2.24, 2.45) is 11.0 Å². The molecule has 4 rings (SSSR count). The lowest BCUT2D eigenvalue weighted by atomic mass is 9.98. The Kier molecular flexibility index (Phi) is 9.11. The van der Waals surface area contributed by atoms with Gasteiger partial charge in [-0.05, 0) is 67.3 Å². The molecule has 1 fully saturated rings. The molecule has 1 saturated heterocycles. The highest BCUT2D eigenvalue weighted by molar-refractivity contribution is 7.89. The van der Waals surface area contributed by atoms with Crippen LogP contribution in [0.4, 0.5) is 5.69 Å². The first-order valence-electron chi connectivity index (χ1n) is 12.7. The van der Waals surface area contributed by atoms with E-state index >= 15 is 0 Å². The molecule has 1 aliphatic rings. The second kappa shape index (κ2) is 12.7. The van der Waals surface area contributed by atoms with Gasteiger partial charge >= 0.3 is 0 Å². The molecule has 10 heteroatoms. The number of carbonyl (C=O) groups excluding carboxylic acids is 2. The van der Waals surface area contributed by atoms with Gasteiger partial charge in [0.2, 0.25) is 21.8 Å². The van der Waals surface area contributed by atoms with Crippen molar-refractivity contribution in [3.8, 4) is 5.75 Å². The maximum Gasteiger partial charge on any atom is 0.243 e. The van der Waals surface area contributed by atoms with E-state index in [1.165, 1.54) is 4.31 Å². The van der Waals surface area contributed by atoms with Crippen LogP contribution in [-0.2, 0) is 26.0 Å². The molecular formula is C29H32N4O5S. The Balaban J connectivity index is 1.25. The summed E-state index contributed by atoms with van der Waals surface area (Å²) >= 11 is 0. The first-order chi connectivity index (χ1) is 18.8. The van der Waals surface area contributed by atoms with Crippen LogP contribution in [0.25, 0.3) is 0 Å². The van der Waals surface area contributed by atoms with Gasteiger partial charge in [0, 0.05) is 24.7 Å². The van der Waals surface area contributed by atoms with Crippen molar-refractivity contribution in [1.29, 1.82) is 0 Å². The summed E-state index contributed by atoms with van der Waals surface area (Å²) in [5.74, 6) is 0.0661. The summed E-state index contributed by atoms with van der Waals surface area (Å²) in [5, 5.41) is 7.11. The number of hydrogen-bond donors (Lipinski definition) is 2. The van der Waals surface area contributed by atoms with E-state index in [1.807, 2.05) is 36.4 Å². The smallest absolute Gasteiger partial charge is 0.243 e. The Hall–Kier alpha value is -4.02. The average Bonchev–Trinajstić information content (AvgIpc) is 2.97. The lowest BCUT2D eigenvalue weighted by molar-refractivity contribution is -0.126. The zero-order valence-electron chi connectivity index (χ0n) is 22.0. The van der Waals surface area contributed by atoms with Crippen molar-refractivity contribution in [2.45, 2.75) is 31.1 Å². The fraction of sp³-hybridized carbons (Fsp3) is 0.276. The third kappa shape index (κ3) is 7.30. The summed E-state index contributed by atoms with van der Waals surface area (Å²) in [6.07, 6.45) is 1.10. The highest BCUT2D eigenvalue weighted by atomic mass is 32.2. The van der Waals surface area contributed by atoms with Crippen molar-refractivity contribution in [3.05, 3.63) is 90.0 Å². The van der Waals surface area contributed by atoms with Gasteiger partial charge in [-0.15, -0.1) is 0 Å². The number of nitrogens with one attached hydrogen (secondary N) is 2. The summed E-state index contributed by atoms with van der Waals surface area (Å²) < 4.78 is 32.2. The number of rotatable bonds is 9. The Labute approximate surface area is 228 Å². The molecule has 1 aliphatic heterocycles. The van der Waals surface area contributed by atoms with E-state index in [4.69, 9.17) is 4.74 Å². The molecule has 0 spiro atoms. The number of sulfonamides is 1. The molecule has 0 saturated carbocycles. The van der Waals surface area contributed by atoms with Crippen LogP contribution in [0.3, 0.4) is 0 Å². The fourth-order valence-electron chi connectivity index (χ4n) is 4.32. The molecule has 2 N–H and O–H groups in total. The highest BCUT2D eigenvalue weighted by Crippen LogP contribution is 2.24. The molecule has 3 aromatic rings. The van der Waals surface area contributed by atoms with Gasteiger partial charge in [-0.2, -0.15) is 9.41 Å². The van der Waals surface area contributed by atoms with E-state index in [2.05, 4.69) is 15.8 Å². The molecule has 0 radical (unpaired) electrons. The van der Waals surface area contributed by atoms with Crippen LogP contribution in [0.5, 0.6) is 5.75 Å². The first kappa shape index (κ1) is 28.0. The van der Waals surface area contributed by atoms with E-state index in [0.717, 1.165) is 16.9 Å². The van der Waals surface area contributed by atoms with Crippen molar-refractivity contribution in [3.63, 3.8) is 0 Å². The minimum absolute atomic E-state index is 0.131. The van der Waals surface area contributed by atoms with Gasteiger partial charge in [0.1, 0.15) is 5.75 Å². The van der Waals surface area contributed by atoms with Gasteiger partial charge in [-0.25, -0.2) is 13.8 Å². The largest absolute Gasteiger partial charge is 0.497 e. The average molecular weight is 549 g/mol. The quantitative estimate of drug-likeness (QED) is 0.312. The van der Waals surface area contributed by atoms with Gasteiger partial charge in [-0.1, -0.05) is 42.5 Å². The number of methoxy groups -OCH3 is 1. The fourth-order valence-corrected chi connectivity index (χ4v) is 5.81. The number of hydrazone groups is 1. The van der Waals surface area contributed by atoms with Gasteiger partial charge in [-0.3, -0.25) is 9.59 Å². The molecule has 3 aromatic carbocycles. The van der Waals surface area contributed by atoms with Gasteiger partial charge in [0.25, 0.3) is 0 Å². The van der Waals surface area contributed by atoms with Crippen LogP contribution < -0.4 is 15.5 Å². The maximum atomic E-state index is 12.8. The van der Waals surface area contributed by atoms with Gasteiger partial charge in [0.05, 0.1) is 24.1 Å². The first-order valence-corrected chi connectivity index (χ1v) is 14.1. The number of benzene rings is 3. The lowest BCUT2D eigenvalue weighted by Crippen LogP contribution is -2.42. The predicted molar refractivity (Wildman–Crippen MR) is 150 cm³/mol. The number of ether oxygens (including phenoxy) is 1. The van der Waals surface area contributed by atoms with Crippen molar-refractivity contribution in [1.82, 2.24) is 9.73 Å². The van der Waals surface area contributed by atoms with E-state index in [9.17, 15) is 18.0 Å². The van der Waals surface area contributed by atoms with Gasteiger partial charge < -0.3 is 10.1 Å². The van der Waals surface area contributed by atoms with E-state index in [1.54, 1.807) is 56.5 Å². The maximum absolute atomic E-state index is 12.8. The zero-order valence-corrected chi connectivity index (χ0v) is 22.8. The van der Waals surface area contributed by atoms with Crippen LogP contribution in [0.1, 0.15) is 30.9 Å². The number of hydrogen-bond acceptors (Lipinski definition) is 6. The summed E-state index contributed by atoms with van der Waals surface area (Å²) in [6.45, 7) is 2.35. The van der Waals surface area contributed by atoms with Crippen LogP contribution in [0.2, 0.25) is 0 Å². The standard InChI is InChI=1S/C29H32N4O5S/c1-21(23-10-12-25(13-11-23)30-28(34)20-22-8-14-26(38-2)15-9-22)31-32-29(35)24-16-18-33(19-17-24)39(36,37)27-6-4-3-5-7-27/h3-15,24H,16-20H2,1-2H3,(H,30,34)(H,32,35).